The first kappa shape index (κ1) is 30.4. The maximum Gasteiger partial charge on any atom is 0.276 e. The van der Waals surface area contributed by atoms with Crippen molar-refractivity contribution < 1.29 is 19.3 Å². The van der Waals surface area contributed by atoms with Crippen LogP contribution in [-0.4, -0.2) is 33.4 Å². The molecule has 0 radical (unpaired) electrons. The zero-order chi connectivity index (χ0) is 30.9. The van der Waals surface area contributed by atoms with Gasteiger partial charge in [0.2, 0.25) is 5.91 Å². The molecule has 0 saturated carbocycles. The van der Waals surface area contributed by atoms with E-state index in [0.717, 1.165) is 10.6 Å². The lowest BCUT2D eigenvalue weighted by Gasteiger charge is -2.12. The molecule has 0 aliphatic rings. The average molecular weight is 642 g/mol. The first-order valence-electron chi connectivity index (χ1n) is 13.0. The van der Waals surface area contributed by atoms with Crippen LogP contribution in [0.25, 0.3) is 16.6 Å². The minimum Gasteiger partial charge on any atom is -0.321 e. The Kier molecular flexibility index (Phi) is 9.92. The molecule has 3 amide bonds. The first-order valence-corrected chi connectivity index (χ1v) is 15.8. The molecule has 220 valence electrons. The summed E-state index contributed by atoms with van der Waals surface area (Å²) in [5.41, 5.74) is 1.27. The molecule has 0 aliphatic heterocycles. The number of thioether (sulfide) groups is 1. The van der Waals surface area contributed by atoms with E-state index < -0.39 is 16.7 Å². The van der Waals surface area contributed by atoms with Crippen molar-refractivity contribution in [3.63, 3.8) is 0 Å². The topological polar surface area (TPSA) is 143 Å². The molecule has 2 aromatic heterocycles. The van der Waals surface area contributed by atoms with Crippen molar-refractivity contribution in [1.29, 1.82) is 0 Å². The Morgan fingerprint density at radius 3 is 2.48 bits per heavy atom. The fourth-order valence-corrected chi connectivity index (χ4v) is 6.15. The number of hydrogen-bond acceptors (Lipinski definition) is 9. The molecule has 0 saturated heterocycles. The van der Waals surface area contributed by atoms with Crippen molar-refractivity contribution in [2.24, 2.45) is 0 Å². The molecule has 2 heterocycles. The summed E-state index contributed by atoms with van der Waals surface area (Å²) in [7, 11) is 0. The molecule has 0 spiro atoms. The smallest absolute Gasteiger partial charge is 0.276 e. The van der Waals surface area contributed by atoms with E-state index >= 15 is 0 Å². The second-order valence-electron chi connectivity index (χ2n) is 9.03. The monoisotopic (exact) mass is 641 g/mol. The van der Waals surface area contributed by atoms with Gasteiger partial charge in [-0.05, 0) is 53.9 Å². The average Bonchev–Trinajstić information content (AvgIpc) is 3.73. The number of nitrogens with zero attached hydrogens (tertiary/aromatic N) is 2. The van der Waals surface area contributed by atoms with Gasteiger partial charge >= 0.3 is 0 Å². The van der Waals surface area contributed by atoms with E-state index in [-0.39, 0.29) is 28.6 Å². The van der Waals surface area contributed by atoms with Crippen LogP contribution in [0.5, 0.6) is 0 Å². The van der Waals surface area contributed by atoms with Gasteiger partial charge in [0.15, 0.2) is 5.13 Å². The van der Waals surface area contributed by atoms with Crippen LogP contribution >= 0.6 is 34.4 Å². The largest absolute Gasteiger partial charge is 0.321 e. The van der Waals surface area contributed by atoms with Crippen molar-refractivity contribution in [2.75, 3.05) is 16.4 Å². The number of nitro benzene ring substituents is 1. The van der Waals surface area contributed by atoms with E-state index in [4.69, 9.17) is 0 Å². The third-order valence-corrected chi connectivity index (χ3v) is 8.59. The lowest BCUT2D eigenvalue weighted by molar-refractivity contribution is -0.385. The molecular formula is C31H23N5O5S3. The Morgan fingerprint density at radius 2 is 1.70 bits per heavy atom. The fraction of sp³-hybridized carbons (Fsp3) is 0.0323. The minimum atomic E-state index is -0.683. The number of nitrogens with one attached hydrogen (secondary N) is 3. The molecule has 5 aromatic rings. The predicted molar refractivity (Wildman–Crippen MR) is 175 cm³/mol. The second kappa shape index (κ2) is 14.4. The van der Waals surface area contributed by atoms with E-state index in [1.54, 1.807) is 72.0 Å². The number of nitro groups is 1. The van der Waals surface area contributed by atoms with Gasteiger partial charge < -0.3 is 16.0 Å². The first-order chi connectivity index (χ1) is 21.4. The van der Waals surface area contributed by atoms with E-state index in [1.807, 2.05) is 22.9 Å². The standard InChI is InChI=1S/C31H23N5O5S3/c37-28(35-31-34-25(18-44-31)27-14-7-15-42-27)19-43-23-12-6-11-22(17-23)32-30(39)24(33-29(38)20-8-2-1-3-9-20)16-21-10-4-5-13-26(21)36(40)41/h1-18H,19H2,(H,32,39)(H,33,38)(H,34,35,37)/b24-16+. The lowest BCUT2D eigenvalue weighted by Crippen LogP contribution is -2.30. The number of aromatic nitrogens is 1. The molecular weight excluding hydrogens is 619 g/mol. The van der Waals surface area contributed by atoms with Crippen LogP contribution in [-0.2, 0) is 9.59 Å². The fourth-order valence-electron chi connectivity index (χ4n) is 3.91. The van der Waals surface area contributed by atoms with Gasteiger partial charge in [0.05, 0.1) is 26.8 Å². The molecule has 10 nitrogen and oxygen atoms in total. The third-order valence-electron chi connectivity index (χ3n) is 5.95. The number of benzene rings is 3. The number of carbonyl (C=O) groups is 3. The van der Waals surface area contributed by atoms with Crippen molar-refractivity contribution in [1.82, 2.24) is 10.3 Å². The summed E-state index contributed by atoms with van der Waals surface area (Å²) >= 11 is 4.20. The van der Waals surface area contributed by atoms with Crippen molar-refractivity contribution in [3.05, 3.63) is 129 Å². The van der Waals surface area contributed by atoms with Crippen molar-refractivity contribution in [3.8, 4) is 10.6 Å². The normalized spacial score (nSPS) is 11.0. The van der Waals surface area contributed by atoms with Crippen LogP contribution in [0.2, 0.25) is 0 Å². The van der Waals surface area contributed by atoms with Crippen molar-refractivity contribution >= 4 is 74.7 Å². The van der Waals surface area contributed by atoms with E-state index in [9.17, 15) is 24.5 Å². The van der Waals surface area contributed by atoms with Crippen LogP contribution in [0, 0.1) is 10.1 Å². The highest BCUT2D eigenvalue weighted by Gasteiger charge is 2.19. The number of thiazole rings is 1. The number of rotatable bonds is 11. The van der Waals surface area contributed by atoms with Gasteiger partial charge in [-0.15, -0.1) is 34.4 Å². The summed E-state index contributed by atoms with van der Waals surface area (Å²) in [5.74, 6) is -1.35. The highest BCUT2D eigenvalue weighted by molar-refractivity contribution is 8.00. The molecule has 13 heteroatoms. The van der Waals surface area contributed by atoms with E-state index in [0.29, 0.717) is 21.3 Å². The highest BCUT2D eigenvalue weighted by atomic mass is 32.2. The molecule has 0 fully saturated rings. The summed E-state index contributed by atoms with van der Waals surface area (Å²) in [6.45, 7) is 0. The maximum absolute atomic E-state index is 13.4. The Morgan fingerprint density at radius 1 is 0.909 bits per heavy atom. The summed E-state index contributed by atoms with van der Waals surface area (Å²) in [6.07, 6.45) is 1.26. The van der Waals surface area contributed by atoms with Crippen LogP contribution in [0.4, 0.5) is 16.5 Å². The number of thiophene rings is 1. The molecule has 0 unspecified atom stereocenters. The summed E-state index contributed by atoms with van der Waals surface area (Å²) in [4.78, 5) is 56.1. The molecule has 3 N–H and O–H groups in total. The minimum absolute atomic E-state index is 0.112. The second-order valence-corrected chi connectivity index (χ2v) is 11.9. The Bertz CT molecular complexity index is 1840. The molecule has 0 atom stereocenters. The van der Waals surface area contributed by atoms with Gasteiger partial charge in [0.25, 0.3) is 17.5 Å². The zero-order valence-corrected chi connectivity index (χ0v) is 25.2. The predicted octanol–water partition coefficient (Wildman–Crippen LogP) is 6.92. The molecule has 44 heavy (non-hydrogen) atoms. The number of carbonyl (C=O) groups excluding carboxylic acids is 3. The molecule has 0 aliphatic carbocycles. The lowest BCUT2D eigenvalue weighted by atomic mass is 10.1. The Labute approximate surface area is 264 Å². The summed E-state index contributed by atoms with van der Waals surface area (Å²) in [5, 5.41) is 24.1. The number of amides is 3. The van der Waals surface area contributed by atoms with Gasteiger partial charge in [-0.3, -0.25) is 24.5 Å². The molecule has 0 bridgehead atoms. The summed E-state index contributed by atoms with van der Waals surface area (Å²) in [6, 6.07) is 25.0. The highest BCUT2D eigenvalue weighted by Crippen LogP contribution is 2.29. The molecule has 3 aromatic carbocycles. The zero-order valence-electron chi connectivity index (χ0n) is 22.8. The number of hydrogen-bond donors (Lipinski definition) is 3. The van der Waals surface area contributed by atoms with Gasteiger partial charge in [-0.1, -0.05) is 42.5 Å². The maximum atomic E-state index is 13.4. The van der Waals surface area contributed by atoms with Gasteiger partial charge in [0, 0.05) is 27.6 Å². The Hall–Kier alpha value is -5.11. The van der Waals surface area contributed by atoms with Gasteiger partial charge in [-0.2, -0.15) is 0 Å². The quantitative estimate of drug-likeness (QED) is 0.0615. The van der Waals surface area contributed by atoms with Crippen LogP contribution in [0.3, 0.4) is 0 Å². The van der Waals surface area contributed by atoms with E-state index in [2.05, 4.69) is 20.9 Å². The van der Waals surface area contributed by atoms with Crippen molar-refractivity contribution in [2.45, 2.75) is 4.90 Å². The SMILES string of the molecule is O=C(CSc1cccc(NC(=O)/C(=C\c2ccccc2[N+](=O)[O-])NC(=O)c2ccccc2)c1)Nc1nc(-c2cccs2)cs1. The number of anilines is 2. The third kappa shape index (κ3) is 8.04. The van der Waals surface area contributed by atoms with Gasteiger partial charge in [0.1, 0.15) is 5.70 Å². The van der Waals surface area contributed by atoms with Crippen LogP contribution in [0.1, 0.15) is 15.9 Å². The van der Waals surface area contributed by atoms with Crippen LogP contribution in [0.15, 0.2) is 112 Å². The van der Waals surface area contributed by atoms with Crippen LogP contribution < -0.4 is 16.0 Å². The molecule has 5 rings (SSSR count). The number of para-hydroxylation sites is 1. The Balaban J connectivity index is 1.27. The van der Waals surface area contributed by atoms with Gasteiger partial charge in [-0.25, -0.2) is 4.98 Å². The summed E-state index contributed by atoms with van der Waals surface area (Å²) < 4.78 is 0. The van der Waals surface area contributed by atoms with E-state index in [1.165, 1.54) is 47.4 Å².